The topological polar surface area (TPSA) is 63.5 Å². The average Bonchev–Trinajstić information content (AvgIpc) is 3.47. The van der Waals surface area contributed by atoms with Gasteiger partial charge in [-0.3, -0.25) is 4.90 Å². The minimum Gasteiger partial charge on any atom is -0.508 e. The maximum absolute atomic E-state index is 10.3. The highest BCUT2D eigenvalue weighted by atomic mass is 79.9. The summed E-state index contributed by atoms with van der Waals surface area (Å²) in [5, 5.41) is 14.8. The largest absolute Gasteiger partial charge is 0.508 e. The summed E-state index contributed by atoms with van der Waals surface area (Å²) in [6, 6.07) is 19.3. The molecule has 0 spiro atoms. The number of ether oxygens (including phenoxy) is 2. The second-order valence-electron chi connectivity index (χ2n) is 8.28. The highest BCUT2D eigenvalue weighted by molar-refractivity contribution is 9.10. The van der Waals surface area contributed by atoms with Gasteiger partial charge in [-0.1, -0.05) is 63.6 Å². The van der Waals surface area contributed by atoms with E-state index in [2.05, 4.69) is 32.6 Å². The lowest BCUT2D eigenvalue weighted by atomic mass is 9.79. The predicted molar refractivity (Wildman–Crippen MR) is 127 cm³/mol. The number of benzene rings is 3. The van der Waals surface area contributed by atoms with E-state index in [9.17, 15) is 5.11 Å². The van der Waals surface area contributed by atoms with Crippen molar-refractivity contribution in [2.75, 3.05) is 6.79 Å². The maximum Gasteiger partial charge on any atom is 0.231 e. The van der Waals surface area contributed by atoms with Crippen LogP contribution in [0.1, 0.15) is 34.2 Å². The molecule has 0 unspecified atom stereocenters. The zero-order valence-electron chi connectivity index (χ0n) is 17.6. The molecule has 0 aromatic heterocycles. The predicted octanol–water partition coefficient (Wildman–Crippen LogP) is 5.47. The Kier molecular flexibility index (Phi) is 4.89. The molecule has 3 atom stereocenters. The van der Waals surface area contributed by atoms with Gasteiger partial charge in [-0.05, 0) is 41.0 Å². The molecule has 0 saturated carbocycles. The van der Waals surface area contributed by atoms with Gasteiger partial charge in [0.2, 0.25) is 6.79 Å². The van der Waals surface area contributed by atoms with E-state index in [1.54, 1.807) is 6.07 Å². The summed E-state index contributed by atoms with van der Waals surface area (Å²) in [5.74, 6) is 1.57. The van der Waals surface area contributed by atoms with Gasteiger partial charge in [-0.15, -0.1) is 6.58 Å². The number of hydrogen-bond acceptors (Lipinski definition) is 6. The van der Waals surface area contributed by atoms with E-state index in [0.717, 1.165) is 43.9 Å². The van der Waals surface area contributed by atoms with Gasteiger partial charge in [-0.25, -0.2) is 0 Å². The Hall–Kier alpha value is -3.29. The van der Waals surface area contributed by atoms with Gasteiger partial charge >= 0.3 is 0 Å². The van der Waals surface area contributed by atoms with Gasteiger partial charge in [0.15, 0.2) is 17.7 Å². The number of phenolic OH excluding ortho intramolecular Hbond substituents is 1. The van der Waals surface area contributed by atoms with Crippen molar-refractivity contribution in [3.63, 3.8) is 0 Å². The van der Waals surface area contributed by atoms with E-state index in [1.807, 2.05) is 60.7 Å². The van der Waals surface area contributed by atoms with Gasteiger partial charge in [0.25, 0.3) is 0 Å². The Balaban J connectivity index is 1.45. The molecule has 3 aliphatic heterocycles. The lowest BCUT2D eigenvalue weighted by Crippen LogP contribution is -2.46. The summed E-state index contributed by atoms with van der Waals surface area (Å²) in [6.07, 6.45) is 1.57. The van der Waals surface area contributed by atoms with Crippen LogP contribution in [0.25, 0.3) is 0 Å². The molecule has 0 aliphatic carbocycles. The number of fused-ring (bicyclic) bond motifs is 4. The lowest BCUT2D eigenvalue weighted by Gasteiger charge is -2.42. The number of aromatic hydroxyl groups is 1. The molecule has 6 nitrogen and oxygen atoms in total. The number of rotatable bonds is 4. The smallest absolute Gasteiger partial charge is 0.231 e. The second kappa shape index (κ2) is 7.93. The molecule has 0 amide bonds. The Labute approximate surface area is 199 Å². The van der Waals surface area contributed by atoms with Crippen LogP contribution < -0.4 is 9.47 Å². The highest BCUT2D eigenvalue weighted by Crippen LogP contribution is 2.48. The fraction of sp³-hybridized carbons (Fsp3) is 0.192. The third kappa shape index (κ3) is 3.31. The minimum atomic E-state index is -0.322. The summed E-state index contributed by atoms with van der Waals surface area (Å²) < 4.78 is 12.0. The van der Waals surface area contributed by atoms with Gasteiger partial charge < -0.3 is 19.4 Å². The van der Waals surface area contributed by atoms with Crippen molar-refractivity contribution < 1.29 is 19.4 Å². The number of hydrogen-bond donors (Lipinski definition) is 1. The standard InChI is InChI=1S/C26H21BrN2O4/c1-2-21-19-11-17(30)8-9-18(19)24-25(15-6-4-3-5-7-15)28-33-26(24)29(21)13-16-10-22-23(12-20(16)27)32-14-31-22/h2-12,21,24,26,30H,1,13-14H2/t21-,24+,26-/m1/s1. The van der Waals surface area contributed by atoms with Gasteiger partial charge in [-0.2, -0.15) is 0 Å². The van der Waals surface area contributed by atoms with Crippen LogP contribution in [-0.4, -0.2) is 28.7 Å². The quantitative estimate of drug-likeness (QED) is 0.477. The maximum atomic E-state index is 10.3. The van der Waals surface area contributed by atoms with Crippen LogP contribution in [-0.2, 0) is 11.4 Å². The van der Waals surface area contributed by atoms with E-state index in [1.165, 1.54) is 0 Å². The van der Waals surface area contributed by atoms with Crippen LogP contribution in [0.15, 0.2) is 82.9 Å². The first kappa shape index (κ1) is 20.3. The Morgan fingerprint density at radius 3 is 2.64 bits per heavy atom. The highest BCUT2D eigenvalue weighted by Gasteiger charge is 2.47. The molecule has 6 rings (SSSR count). The zero-order chi connectivity index (χ0) is 22.5. The molecule has 166 valence electrons. The van der Waals surface area contributed by atoms with Crippen molar-refractivity contribution >= 4 is 21.6 Å². The van der Waals surface area contributed by atoms with E-state index in [0.29, 0.717) is 6.54 Å². The SMILES string of the molecule is C=C[C@@H]1c2cc(O)ccc2[C@H]2C(c3ccccc3)=NO[C@H]2N1Cc1cc2c(cc1Br)OCO2. The molecule has 0 radical (unpaired) electrons. The van der Waals surface area contributed by atoms with Crippen LogP contribution in [0.2, 0.25) is 0 Å². The summed E-state index contributed by atoms with van der Waals surface area (Å²) in [7, 11) is 0. The van der Waals surface area contributed by atoms with E-state index in [-0.39, 0.29) is 30.7 Å². The normalized spacial score (nSPS) is 22.8. The van der Waals surface area contributed by atoms with Gasteiger partial charge in [0, 0.05) is 16.6 Å². The molecule has 3 heterocycles. The van der Waals surface area contributed by atoms with Crippen LogP contribution in [0.5, 0.6) is 17.2 Å². The van der Waals surface area contributed by atoms with E-state index in [4.69, 9.17) is 14.3 Å². The molecule has 7 heteroatoms. The average molecular weight is 505 g/mol. The monoisotopic (exact) mass is 504 g/mol. The molecule has 3 aromatic carbocycles. The summed E-state index contributed by atoms with van der Waals surface area (Å²) in [5.41, 5.74) is 5.02. The molecule has 3 aromatic rings. The molecule has 0 fully saturated rings. The van der Waals surface area contributed by atoms with Crippen LogP contribution >= 0.6 is 15.9 Å². The first-order valence-corrected chi connectivity index (χ1v) is 11.5. The van der Waals surface area contributed by atoms with Crippen molar-refractivity contribution in [1.29, 1.82) is 0 Å². The van der Waals surface area contributed by atoms with Crippen molar-refractivity contribution in [2.45, 2.75) is 24.7 Å². The Morgan fingerprint density at radius 2 is 1.85 bits per heavy atom. The van der Waals surface area contributed by atoms with Crippen LogP contribution in [0.3, 0.4) is 0 Å². The molecule has 0 bridgehead atoms. The molecular weight excluding hydrogens is 484 g/mol. The zero-order valence-corrected chi connectivity index (χ0v) is 19.2. The number of oxime groups is 1. The third-order valence-electron chi connectivity index (χ3n) is 6.43. The number of phenols is 1. The second-order valence-corrected chi connectivity index (χ2v) is 9.13. The molecule has 33 heavy (non-hydrogen) atoms. The lowest BCUT2D eigenvalue weighted by molar-refractivity contribution is -0.0719. The first-order chi connectivity index (χ1) is 16.1. The summed E-state index contributed by atoms with van der Waals surface area (Å²) in [6.45, 7) is 4.88. The summed E-state index contributed by atoms with van der Waals surface area (Å²) >= 11 is 3.69. The van der Waals surface area contributed by atoms with Crippen molar-refractivity contribution in [3.8, 4) is 17.2 Å². The summed E-state index contributed by atoms with van der Waals surface area (Å²) in [4.78, 5) is 8.32. The van der Waals surface area contributed by atoms with Crippen LogP contribution in [0.4, 0.5) is 0 Å². The number of halogens is 1. The minimum absolute atomic E-state index is 0.105. The molecule has 1 N–H and O–H groups in total. The first-order valence-electron chi connectivity index (χ1n) is 10.7. The van der Waals surface area contributed by atoms with Crippen molar-refractivity contribution in [1.82, 2.24) is 4.90 Å². The fourth-order valence-electron chi connectivity index (χ4n) is 4.92. The number of nitrogens with zero attached hydrogens (tertiary/aromatic N) is 2. The van der Waals surface area contributed by atoms with Gasteiger partial charge in [0.05, 0.1) is 17.7 Å². The van der Waals surface area contributed by atoms with Crippen molar-refractivity contribution in [2.24, 2.45) is 5.16 Å². The molecule has 3 aliphatic rings. The molecule has 0 saturated heterocycles. The van der Waals surface area contributed by atoms with E-state index < -0.39 is 0 Å². The Morgan fingerprint density at radius 1 is 1.06 bits per heavy atom. The Bertz CT molecular complexity index is 1280. The molecular formula is C26H21BrN2O4. The third-order valence-corrected chi connectivity index (χ3v) is 7.17. The van der Waals surface area contributed by atoms with Crippen LogP contribution in [0, 0.1) is 0 Å². The van der Waals surface area contributed by atoms with Crippen molar-refractivity contribution in [3.05, 3.63) is 100 Å². The van der Waals surface area contributed by atoms with E-state index >= 15 is 0 Å². The fourth-order valence-corrected chi connectivity index (χ4v) is 5.37. The van der Waals surface area contributed by atoms with Gasteiger partial charge in [0.1, 0.15) is 5.75 Å².